The molecule has 122 valence electrons. The highest BCUT2D eigenvalue weighted by atomic mass is 35.5. The third kappa shape index (κ3) is 4.71. The van der Waals surface area contributed by atoms with Gasteiger partial charge in [0.2, 0.25) is 0 Å². The summed E-state index contributed by atoms with van der Waals surface area (Å²) in [5.41, 5.74) is 0.650. The van der Waals surface area contributed by atoms with Crippen LogP contribution in [-0.2, 0) is 17.9 Å². The van der Waals surface area contributed by atoms with E-state index in [4.69, 9.17) is 16.3 Å². The van der Waals surface area contributed by atoms with Gasteiger partial charge >= 0.3 is 0 Å². The summed E-state index contributed by atoms with van der Waals surface area (Å²) in [6, 6.07) is 14.3. The van der Waals surface area contributed by atoms with Gasteiger partial charge in [0.05, 0.1) is 6.61 Å². The first-order valence-corrected chi connectivity index (χ1v) is 7.70. The molecule has 0 heterocycles. The average molecular weight is 334 g/mol. The van der Waals surface area contributed by atoms with Gasteiger partial charge in [-0.1, -0.05) is 35.9 Å². The van der Waals surface area contributed by atoms with Gasteiger partial charge in [-0.25, -0.2) is 0 Å². The predicted octanol–water partition coefficient (Wildman–Crippen LogP) is 3.31. The minimum atomic E-state index is -1.03. The van der Waals surface area contributed by atoms with Crippen molar-refractivity contribution in [1.82, 2.24) is 5.32 Å². The summed E-state index contributed by atoms with van der Waals surface area (Å²) in [7, 11) is 0. The number of aliphatic hydroxyl groups is 1. The Kier molecular flexibility index (Phi) is 5.64. The van der Waals surface area contributed by atoms with Crippen LogP contribution in [0.15, 0.2) is 48.5 Å². The molecule has 0 radical (unpaired) electrons. The van der Waals surface area contributed by atoms with E-state index in [9.17, 15) is 9.90 Å². The van der Waals surface area contributed by atoms with Crippen molar-refractivity contribution in [3.05, 3.63) is 64.7 Å². The zero-order valence-electron chi connectivity index (χ0n) is 13.2. The van der Waals surface area contributed by atoms with Gasteiger partial charge < -0.3 is 15.2 Å². The fourth-order valence-corrected chi connectivity index (χ4v) is 2.24. The zero-order valence-corrected chi connectivity index (χ0v) is 13.9. The van der Waals surface area contributed by atoms with Gasteiger partial charge in [-0.3, -0.25) is 4.79 Å². The number of hydrogen-bond donors (Lipinski definition) is 2. The maximum Gasteiger partial charge on any atom is 0.263 e. The molecule has 0 aliphatic carbocycles. The SMILES string of the molecule is CC(C)(Oc1ccc(Cl)cc1)C(=O)NCc1ccccc1CO. The lowest BCUT2D eigenvalue weighted by molar-refractivity contribution is -0.134. The van der Waals surface area contributed by atoms with Gasteiger partial charge in [-0.2, -0.15) is 0 Å². The molecule has 0 aliphatic heterocycles. The monoisotopic (exact) mass is 333 g/mol. The summed E-state index contributed by atoms with van der Waals surface area (Å²) in [6.45, 7) is 3.68. The second-order valence-corrected chi connectivity index (χ2v) is 6.11. The van der Waals surface area contributed by atoms with Gasteiger partial charge in [-0.05, 0) is 49.2 Å². The van der Waals surface area contributed by atoms with E-state index >= 15 is 0 Å². The molecule has 0 saturated heterocycles. The summed E-state index contributed by atoms with van der Waals surface area (Å²) >= 11 is 5.84. The average Bonchev–Trinajstić information content (AvgIpc) is 2.54. The van der Waals surface area contributed by atoms with Crippen molar-refractivity contribution in [2.75, 3.05) is 0 Å². The largest absolute Gasteiger partial charge is 0.478 e. The van der Waals surface area contributed by atoms with E-state index < -0.39 is 5.60 Å². The predicted molar refractivity (Wildman–Crippen MR) is 90.4 cm³/mol. The second kappa shape index (κ2) is 7.49. The molecular formula is C18H20ClNO3. The van der Waals surface area contributed by atoms with Crippen molar-refractivity contribution < 1.29 is 14.6 Å². The fraction of sp³-hybridized carbons (Fsp3) is 0.278. The van der Waals surface area contributed by atoms with Crippen LogP contribution in [0.4, 0.5) is 0 Å². The Morgan fingerprint density at radius 3 is 2.35 bits per heavy atom. The van der Waals surface area contributed by atoms with Crippen molar-refractivity contribution >= 4 is 17.5 Å². The lowest BCUT2D eigenvalue weighted by atomic mass is 10.1. The fourth-order valence-electron chi connectivity index (χ4n) is 2.12. The van der Waals surface area contributed by atoms with Crippen molar-refractivity contribution in [2.24, 2.45) is 0 Å². The summed E-state index contributed by atoms with van der Waals surface area (Å²) < 4.78 is 5.74. The van der Waals surface area contributed by atoms with Crippen LogP contribution < -0.4 is 10.1 Å². The zero-order chi connectivity index (χ0) is 16.9. The number of amides is 1. The van der Waals surface area contributed by atoms with Gasteiger partial charge in [0.1, 0.15) is 5.75 Å². The van der Waals surface area contributed by atoms with Crippen LogP contribution >= 0.6 is 11.6 Å². The lowest BCUT2D eigenvalue weighted by Crippen LogP contribution is -2.46. The smallest absolute Gasteiger partial charge is 0.263 e. The summed E-state index contributed by atoms with van der Waals surface area (Å²) in [4.78, 5) is 12.4. The number of rotatable bonds is 6. The number of carbonyl (C=O) groups excluding carboxylic acids is 1. The van der Waals surface area contributed by atoms with Crippen LogP contribution in [0.1, 0.15) is 25.0 Å². The van der Waals surface area contributed by atoms with E-state index in [-0.39, 0.29) is 12.5 Å². The van der Waals surface area contributed by atoms with Crippen molar-refractivity contribution in [2.45, 2.75) is 32.6 Å². The van der Waals surface area contributed by atoms with E-state index in [0.717, 1.165) is 11.1 Å². The Bertz CT molecular complexity index is 668. The quantitative estimate of drug-likeness (QED) is 0.852. The first-order chi connectivity index (χ1) is 10.9. The molecule has 23 heavy (non-hydrogen) atoms. The molecule has 0 aliphatic rings. The molecule has 2 rings (SSSR count). The van der Waals surface area contributed by atoms with Crippen LogP contribution in [0.2, 0.25) is 5.02 Å². The normalized spacial score (nSPS) is 11.1. The van der Waals surface area contributed by atoms with Crippen LogP contribution in [0.3, 0.4) is 0 Å². The number of nitrogens with one attached hydrogen (secondary N) is 1. The van der Waals surface area contributed by atoms with Crippen LogP contribution in [-0.4, -0.2) is 16.6 Å². The third-order valence-electron chi connectivity index (χ3n) is 3.46. The number of halogens is 1. The Morgan fingerprint density at radius 1 is 1.13 bits per heavy atom. The first kappa shape index (κ1) is 17.3. The number of hydrogen-bond acceptors (Lipinski definition) is 3. The molecule has 2 N–H and O–H groups in total. The Balaban J connectivity index is 1.99. The molecule has 1 amide bonds. The molecule has 5 heteroatoms. The number of benzene rings is 2. The van der Waals surface area contributed by atoms with Gasteiger partial charge in [0.25, 0.3) is 5.91 Å². The number of aliphatic hydroxyl groups excluding tert-OH is 1. The van der Waals surface area contributed by atoms with Crippen LogP contribution in [0.25, 0.3) is 0 Å². The maximum atomic E-state index is 12.4. The molecule has 0 unspecified atom stereocenters. The van der Waals surface area contributed by atoms with Crippen molar-refractivity contribution in [1.29, 1.82) is 0 Å². The molecule has 0 spiro atoms. The molecule has 2 aromatic rings. The topological polar surface area (TPSA) is 58.6 Å². The molecule has 4 nitrogen and oxygen atoms in total. The second-order valence-electron chi connectivity index (χ2n) is 5.68. The standard InChI is InChI=1S/C18H20ClNO3/c1-18(2,23-16-9-7-15(19)8-10-16)17(22)20-11-13-5-3-4-6-14(13)12-21/h3-10,21H,11-12H2,1-2H3,(H,20,22). The lowest BCUT2D eigenvalue weighted by Gasteiger charge is -2.25. The molecule has 2 aromatic carbocycles. The van der Waals surface area contributed by atoms with Crippen LogP contribution in [0.5, 0.6) is 5.75 Å². The molecule has 0 bridgehead atoms. The van der Waals surface area contributed by atoms with Crippen LogP contribution in [0, 0.1) is 0 Å². The molecule has 0 saturated carbocycles. The Labute approximate surface area is 141 Å². The van der Waals surface area contributed by atoms with Gasteiger partial charge in [-0.15, -0.1) is 0 Å². The molecular weight excluding hydrogens is 314 g/mol. The highest BCUT2D eigenvalue weighted by molar-refractivity contribution is 6.30. The number of carbonyl (C=O) groups is 1. The minimum Gasteiger partial charge on any atom is -0.478 e. The van der Waals surface area contributed by atoms with Crippen molar-refractivity contribution in [3.63, 3.8) is 0 Å². The van der Waals surface area contributed by atoms with Gasteiger partial charge in [0, 0.05) is 11.6 Å². The molecule has 0 atom stereocenters. The highest BCUT2D eigenvalue weighted by Gasteiger charge is 2.29. The number of ether oxygens (including phenoxy) is 1. The highest BCUT2D eigenvalue weighted by Crippen LogP contribution is 2.21. The van der Waals surface area contributed by atoms with E-state index in [1.54, 1.807) is 38.1 Å². The van der Waals surface area contributed by atoms with E-state index in [1.165, 1.54) is 0 Å². The first-order valence-electron chi connectivity index (χ1n) is 7.33. The summed E-state index contributed by atoms with van der Waals surface area (Å²) in [5.74, 6) is 0.338. The van der Waals surface area contributed by atoms with E-state index in [0.29, 0.717) is 17.3 Å². The van der Waals surface area contributed by atoms with E-state index in [1.807, 2.05) is 24.3 Å². The third-order valence-corrected chi connectivity index (χ3v) is 3.71. The molecule has 0 aromatic heterocycles. The van der Waals surface area contributed by atoms with Gasteiger partial charge in [0.15, 0.2) is 5.60 Å². The summed E-state index contributed by atoms with van der Waals surface area (Å²) in [6.07, 6.45) is 0. The maximum absolute atomic E-state index is 12.4. The Morgan fingerprint density at radius 2 is 1.74 bits per heavy atom. The summed E-state index contributed by atoms with van der Waals surface area (Å²) in [5, 5.41) is 12.8. The van der Waals surface area contributed by atoms with Crippen molar-refractivity contribution in [3.8, 4) is 5.75 Å². The molecule has 0 fully saturated rings. The Hall–Kier alpha value is -2.04. The van der Waals surface area contributed by atoms with E-state index in [2.05, 4.69) is 5.32 Å². The minimum absolute atomic E-state index is 0.0588.